The van der Waals surface area contributed by atoms with Gasteiger partial charge in [0.2, 0.25) is 0 Å². The van der Waals surface area contributed by atoms with Gasteiger partial charge in [-0.15, -0.1) is 11.3 Å². The molecule has 1 heterocycles. The monoisotopic (exact) mass is 264 g/mol. The van der Waals surface area contributed by atoms with Crippen molar-refractivity contribution in [1.82, 2.24) is 0 Å². The van der Waals surface area contributed by atoms with Gasteiger partial charge in [-0.05, 0) is 35.9 Å². The Bertz CT molecular complexity index is 600. The van der Waals surface area contributed by atoms with Gasteiger partial charge in [0.05, 0.1) is 16.9 Å². The van der Waals surface area contributed by atoms with Crippen LogP contribution in [0.5, 0.6) is 5.75 Å². The highest BCUT2D eigenvalue weighted by Gasteiger charge is 2.14. The zero-order valence-corrected chi connectivity index (χ0v) is 10.9. The van der Waals surface area contributed by atoms with Gasteiger partial charge >= 0.3 is 11.9 Å². The minimum Gasteiger partial charge on any atom is -0.462 e. The van der Waals surface area contributed by atoms with Gasteiger partial charge in [0.25, 0.3) is 0 Å². The van der Waals surface area contributed by atoms with Crippen LogP contribution >= 0.6 is 11.3 Å². The Balaban J connectivity index is 2.49. The molecule has 94 valence electrons. The van der Waals surface area contributed by atoms with E-state index in [1.807, 2.05) is 11.4 Å². The van der Waals surface area contributed by atoms with E-state index in [2.05, 4.69) is 0 Å². The Hall–Kier alpha value is -1.88. The molecule has 0 N–H and O–H groups in total. The number of hydrogen-bond donors (Lipinski definition) is 0. The quantitative estimate of drug-likeness (QED) is 0.631. The molecule has 4 nitrogen and oxygen atoms in total. The van der Waals surface area contributed by atoms with Crippen LogP contribution in [0, 0.1) is 0 Å². The molecule has 0 unspecified atom stereocenters. The lowest BCUT2D eigenvalue weighted by Crippen LogP contribution is -2.06. The van der Waals surface area contributed by atoms with Crippen LogP contribution in [0.15, 0.2) is 23.6 Å². The summed E-state index contributed by atoms with van der Waals surface area (Å²) in [4.78, 5) is 22.7. The van der Waals surface area contributed by atoms with Crippen LogP contribution < -0.4 is 4.74 Å². The molecule has 1 aromatic heterocycles. The van der Waals surface area contributed by atoms with Crippen LogP contribution in [0.1, 0.15) is 24.2 Å². The predicted octanol–water partition coefficient (Wildman–Crippen LogP) is 3.00. The molecule has 2 rings (SSSR count). The third-order valence-corrected chi connectivity index (χ3v) is 3.23. The van der Waals surface area contributed by atoms with Crippen molar-refractivity contribution in [3.8, 4) is 5.75 Å². The smallest absolute Gasteiger partial charge is 0.338 e. The molecule has 0 aliphatic rings. The molecule has 0 bridgehead atoms. The molecule has 2 aromatic rings. The van der Waals surface area contributed by atoms with Crippen molar-refractivity contribution in [3.63, 3.8) is 0 Å². The Kier molecular flexibility index (Phi) is 3.62. The summed E-state index contributed by atoms with van der Waals surface area (Å²) in [6, 6.07) is 5.14. The summed E-state index contributed by atoms with van der Waals surface area (Å²) in [5.74, 6) is -0.428. The number of benzene rings is 1. The summed E-state index contributed by atoms with van der Waals surface area (Å²) < 4.78 is 10.9. The average Bonchev–Trinajstić information content (AvgIpc) is 2.76. The molecular formula is C13H12O4S. The van der Waals surface area contributed by atoms with Gasteiger partial charge in [0, 0.05) is 6.92 Å². The maximum absolute atomic E-state index is 11.7. The van der Waals surface area contributed by atoms with Crippen molar-refractivity contribution < 1.29 is 19.1 Å². The van der Waals surface area contributed by atoms with Crippen molar-refractivity contribution >= 4 is 33.4 Å². The van der Waals surface area contributed by atoms with Gasteiger partial charge in [-0.25, -0.2) is 4.79 Å². The summed E-state index contributed by atoms with van der Waals surface area (Å²) in [7, 11) is 0. The lowest BCUT2D eigenvalue weighted by molar-refractivity contribution is -0.131. The summed E-state index contributed by atoms with van der Waals surface area (Å²) in [5.41, 5.74) is 0.388. The van der Waals surface area contributed by atoms with Crippen LogP contribution in [0.3, 0.4) is 0 Å². The van der Waals surface area contributed by atoms with Crippen molar-refractivity contribution in [2.45, 2.75) is 13.8 Å². The second-order valence-corrected chi connectivity index (χ2v) is 4.54. The second-order valence-electron chi connectivity index (χ2n) is 3.63. The number of rotatable bonds is 3. The first-order chi connectivity index (χ1) is 8.61. The fourth-order valence-corrected chi connectivity index (χ4v) is 2.44. The van der Waals surface area contributed by atoms with E-state index in [0.717, 1.165) is 10.1 Å². The summed E-state index contributed by atoms with van der Waals surface area (Å²) in [5, 5.41) is 2.74. The highest BCUT2D eigenvalue weighted by atomic mass is 32.1. The summed E-state index contributed by atoms with van der Waals surface area (Å²) >= 11 is 1.46. The van der Waals surface area contributed by atoms with E-state index in [-0.39, 0.29) is 0 Å². The first-order valence-electron chi connectivity index (χ1n) is 5.48. The molecule has 0 radical (unpaired) electrons. The maximum atomic E-state index is 11.7. The average molecular weight is 264 g/mol. The Morgan fingerprint density at radius 1 is 1.33 bits per heavy atom. The number of thiophene rings is 1. The third kappa shape index (κ3) is 2.51. The van der Waals surface area contributed by atoms with Gasteiger partial charge in [0.1, 0.15) is 5.75 Å². The van der Waals surface area contributed by atoms with Crippen LogP contribution in [-0.2, 0) is 9.53 Å². The van der Waals surface area contributed by atoms with Gasteiger partial charge < -0.3 is 9.47 Å². The number of carbonyl (C=O) groups is 2. The van der Waals surface area contributed by atoms with Crippen LogP contribution in [0.4, 0.5) is 0 Å². The molecule has 0 aliphatic heterocycles. The van der Waals surface area contributed by atoms with E-state index in [0.29, 0.717) is 17.9 Å². The largest absolute Gasteiger partial charge is 0.462 e. The lowest BCUT2D eigenvalue weighted by Gasteiger charge is -2.06. The molecule has 1 aromatic carbocycles. The summed E-state index contributed by atoms with van der Waals surface area (Å²) in [6.45, 7) is 3.38. The van der Waals surface area contributed by atoms with E-state index < -0.39 is 11.9 Å². The molecule has 0 fully saturated rings. The molecule has 0 saturated heterocycles. The molecule has 0 atom stereocenters. The molecule has 0 saturated carbocycles. The number of esters is 2. The fourth-order valence-electron chi connectivity index (χ4n) is 1.61. The topological polar surface area (TPSA) is 52.6 Å². The van der Waals surface area contributed by atoms with Gasteiger partial charge in [-0.1, -0.05) is 0 Å². The predicted molar refractivity (Wildman–Crippen MR) is 69.1 cm³/mol. The molecule has 5 heteroatoms. The molecule has 0 aliphatic carbocycles. The lowest BCUT2D eigenvalue weighted by atomic mass is 10.1. The van der Waals surface area contributed by atoms with Crippen LogP contribution in [-0.4, -0.2) is 18.5 Å². The SMILES string of the molecule is CCOC(=O)c1cc(OC(C)=O)c2sccc2c1. The second kappa shape index (κ2) is 5.18. The van der Waals surface area contributed by atoms with E-state index in [4.69, 9.17) is 9.47 Å². The molecule has 18 heavy (non-hydrogen) atoms. The number of ether oxygens (including phenoxy) is 2. The Morgan fingerprint density at radius 3 is 2.78 bits per heavy atom. The first kappa shape index (κ1) is 12.6. The zero-order valence-electron chi connectivity index (χ0n) is 10.1. The fraction of sp³-hybridized carbons (Fsp3) is 0.231. The Labute approximate surface area is 108 Å². The highest BCUT2D eigenvalue weighted by molar-refractivity contribution is 7.17. The Morgan fingerprint density at radius 2 is 2.11 bits per heavy atom. The zero-order chi connectivity index (χ0) is 13.1. The molecular weight excluding hydrogens is 252 g/mol. The molecule has 0 spiro atoms. The van der Waals surface area contributed by atoms with E-state index in [1.165, 1.54) is 24.3 Å². The van der Waals surface area contributed by atoms with Crippen molar-refractivity contribution in [2.75, 3.05) is 6.61 Å². The summed E-state index contributed by atoms with van der Waals surface area (Å²) in [6.07, 6.45) is 0. The third-order valence-electron chi connectivity index (χ3n) is 2.28. The maximum Gasteiger partial charge on any atom is 0.338 e. The highest BCUT2D eigenvalue weighted by Crippen LogP contribution is 2.32. The normalized spacial score (nSPS) is 10.3. The number of carbonyl (C=O) groups excluding carboxylic acids is 2. The molecule has 0 amide bonds. The van der Waals surface area contributed by atoms with Crippen LogP contribution in [0.2, 0.25) is 0 Å². The minimum atomic E-state index is -0.418. The standard InChI is InChI=1S/C13H12O4S/c1-3-16-13(15)10-6-9-4-5-18-12(9)11(7-10)17-8(2)14/h4-7H,3H2,1-2H3. The number of fused-ring (bicyclic) bond motifs is 1. The van der Waals surface area contributed by atoms with Crippen molar-refractivity contribution in [2.24, 2.45) is 0 Å². The van der Waals surface area contributed by atoms with E-state index >= 15 is 0 Å². The van der Waals surface area contributed by atoms with Gasteiger partial charge in [0.15, 0.2) is 0 Å². The van der Waals surface area contributed by atoms with Crippen LogP contribution in [0.25, 0.3) is 10.1 Å². The van der Waals surface area contributed by atoms with Gasteiger partial charge in [-0.3, -0.25) is 4.79 Å². The van der Waals surface area contributed by atoms with Crippen molar-refractivity contribution in [3.05, 3.63) is 29.1 Å². The van der Waals surface area contributed by atoms with E-state index in [1.54, 1.807) is 13.0 Å². The first-order valence-corrected chi connectivity index (χ1v) is 6.36. The van der Waals surface area contributed by atoms with Crippen molar-refractivity contribution in [1.29, 1.82) is 0 Å². The number of hydrogen-bond acceptors (Lipinski definition) is 5. The van der Waals surface area contributed by atoms with Gasteiger partial charge in [-0.2, -0.15) is 0 Å². The minimum absolute atomic E-state index is 0.309. The van der Waals surface area contributed by atoms with E-state index in [9.17, 15) is 9.59 Å².